The molecule has 1 aliphatic carbocycles. The molecule has 3 fully saturated rings. The standard InChI is InChI=1S/C23H30F3N5O3/c1-14(32)15-6-18(23(24,25)26)19-10-30(21(33)31(19)9-15)17-5-3-4-16(7-17)22(11-34-12-22)8-20-28-27-13-29(20)2/h6,9-10,16-17,20,27-28H,3-5,7-8,11-13H2,1-2H3. The van der Waals surface area contributed by atoms with Gasteiger partial charge in [-0.3, -0.25) is 18.7 Å². The highest BCUT2D eigenvalue weighted by Gasteiger charge is 2.49. The van der Waals surface area contributed by atoms with E-state index in [0.29, 0.717) is 25.6 Å². The third-order valence-corrected chi connectivity index (χ3v) is 7.92. The number of hydrazine groups is 1. The first-order valence-electron chi connectivity index (χ1n) is 11.7. The lowest BCUT2D eigenvalue weighted by molar-refractivity contribution is -0.167. The Hall–Kier alpha value is -2.21. The summed E-state index contributed by atoms with van der Waals surface area (Å²) in [5.41, 5.74) is 4.60. The van der Waals surface area contributed by atoms with Crippen molar-refractivity contribution in [3.8, 4) is 0 Å². The Kier molecular flexibility index (Phi) is 5.86. The Bertz CT molecular complexity index is 1150. The minimum atomic E-state index is -4.67. The highest BCUT2D eigenvalue weighted by molar-refractivity contribution is 5.94. The molecule has 4 heterocycles. The minimum absolute atomic E-state index is 0.0156. The van der Waals surface area contributed by atoms with E-state index in [-0.39, 0.29) is 28.7 Å². The van der Waals surface area contributed by atoms with Gasteiger partial charge in [0.25, 0.3) is 0 Å². The number of nitrogens with zero attached hydrogens (tertiary/aromatic N) is 3. The number of nitrogens with one attached hydrogen (secondary N) is 2. The van der Waals surface area contributed by atoms with Gasteiger partial charge in [0.15, 0.2) is 5.78 Å². The van der Waals surface area contributed by atoms with Crippen molar-refractivity contribution in [2.24, 2.45) is 11.3 Å². The normalized spacial score (nSPS) is 27.7. The van der Waals surface area contributed by atoms with E-state index in [2.05, 4.69) is 22.8 Å². The maximum Gasteiger partial charge on any atom is 0.418 e. The van der Waals surface area contributed by atoms with Crippen molar-refractivity contribution < 1.29 is 22.7 Å². The van der Waals surface area contributed by atoms with Crippen LogP contribution in [-0.2, 0) is 10.9 Å². The molecule has 3 atom stereocenters. The molecule has 2 N–H and O–H groups in total. The fraction of sp³-hybridized carbons (Fsp3) is 0.652. The van der Waals surface area contributed by atoms with Gasteiger partial charge in [0.2, 0.25) is 0 Å². The fourth-order valence-electron chi connectivity index (χ4n) is 5.85. The first kappa shape index (κ1) is 23.5. The summed E-state index contributed by atoms with van der Waals surface area (Å²) >= 11 is 0. The molecule has 3 aliphatic rings. The molecule has 2 saturated heterocycles. The molecule has 186 valence electrons. The smallest absolute Gasteiger partial charge is 0.380 e. The molecule has 0 amide bonds. The molecular weight excluding hydrogens is 451 g/mol. The summed E-state index contributed by atoms with van der Waals surface area (Å²) in [4.78, 5) is 27.3. The van der Waals surface area contributed by atoms with Gasteiger partial charge in [-0.25, -0.2) is 15.6 Å². The second-order valence-electron chi connectivity index (χ2n) is 10.1. The van der Waals surface area contributed by atoms with Gasteiger partial charge in [-0.05, 0) is 51.6 Å². The summed E-state index contributed by atoms with van der Waals surface area (Å²) in [5.74, 6) is -0.211. The van der Waals surface area contributed by atoms with Gasteiger partial charge in [-0.2, -0.15) is 13.2 Å². The number of ether oxygens (including phenoxy) is 1. The summed E-state index contributed by atoms with van der Waals surface area (Å²) in [5, 5.41) is 0. The summed E-state index contributed by atoms with van der Waals surface area (Å²) in [6, 6.07) is 0.642. The molecule has 5 rings (SSSR count). The zero-order valence-electron chi connectivity index (χ0n) is 19.3. The van der Waals surface area contributed by atoms with Crippen molar-refractivity contribution in [2.75, 3.05) is 26.9 Å². The molecule has 0 spiro atoms. The number of hydrogen-bond donors (Lipinski definition) is 2. The number of hydrogen-bond acceptors (Lipinski definition) is 6. The first-order valence-corrected chi connectivity index (χ1v) is 11.7. The highest BCUT2D eigenvalue weighted by atomic mass is 19.4. The van der Waals surface area contributed by atoms with E-state index in [0.717, 1.165) is 42.8 Å². The van der Waals surface area contributed by atoms with Crippen LogP contribution in [0.3, 0.4) is 0 Å². The molecule has 0 bridgehead atoms. The Labute approximate surface area is 195 Å². The van der Waals surface area contributed by atoms with Crippen molar-refractivity contribution in [2.45, 2.75) is 57.4 Å². The Morgan fingerprint density at radius 1 is 1.26 bits per heavy atom. The number of carbonyl (C=O) groups excluding carboxylic acids is 1. The van der Waals surface area contributed by atoms with Crippen LogP contribution >= 0.6 is 0 Å². The number of pyridine rings is 1. The van der Waals surface area contributed by atoms with Gasteiger partial charge in [0.1, 0.15) is 0 Å². The highest BCUT2D eigenvalue weighted by Crippen LogP contribution is 2.49. The molecule has 11 heteroatoms. The number of Topliss-reactive ketones (excluding diaryl/α,β-unsaturated/α-hetero) is 1. The average molecular weight is 482 g/mol. The quantitative estimate of drug-likeness (QED) is 0.640. The summed E-state index contributed by atoms with van der Waals surface area (Å²) in [6.07, 6.45) is 2.31. The van der Waals surface area contributed by atoms with E-state index in [9.17, 15) is 22.8 Å². The van der Waals surface area contributed by atoms with E-state index < -0.39 is 23.2 Å². The fourth-order valence-corrected chi connectivity index (χ4v) is 5.85. The number of alkyl halides is 3. The SMILES string of the molecule is CC(=O)c1cc(C(F)(F)F)c2cn(C3CCCC(C4(CC5NNCN5C)COC4)C3)c(=O)n2c1. The molecule has 0 radical (unpaired) electrons. The van der Waals surface area contributed by atoms with Crippen LogP contribution < -0.4 is 16.5 Å². The number of ketones is 1. The number of imidazole rings is 1. The third-order valence-electron chi connectivity index (χ3n) is 7.92. The zero-order valence-corrected chi connectivity index (χ0v) is 19.3. The topological polar surface area (TPSA) is 80.0 Å². The number of carbonyl (C=O) groups is 1. The lowest BCUT2D eigenvalue weighted by atomic mass is 9.64. The largest absolute Gasteiger partial charge is 0.418 e. The molecular formula is C23H30F3N5O3. The van der Waals surface area contributed by atoms with Crippen molar-refractivity contribution in [3.63, 3.8) is 0 Å². The second-order valence-corrected chi connectivity index (χ2v) is 10.1. The predicted molar refractivity (Wildman–Crippen MR) is 118 cm³/mol. The van der Waals surface area contributed by atoms with Crippen LogP contribution in [0, 0.1) is 11.3 Å². The van der Waals surface area contributed by atoms with Crippen LogP contribution in [0.15, 0.2) is 23.3 Å². The Morgan fingerprint density at radius 3 is 2.62 bits per heavy atom. The van der Waals surface area contributed by atoms with Crippen molar-refractivity contribution >= 4 is 11.3 Å². The number of fused-ring (bicyclic) bond motifs is 1. The van der Waals surface area contributed by atoms with Gasteiger partial charge in [0.05, 0.1) is 37.1 Å². The Morgan fingerprint density at radius 2 is 2.03 bits per heavy atom. The molecule has 2 aromatic heterocycles. The van der Waals surface area contributed by atoms with Gasteiger partial charge >= 0.3 is 11.9 Å². The van der Waals surface area contributed by atoms with Crippen molar-refractivity contribution in [3.05, 3.63) is 40.1 Å². The molecule has 3 unspecified atom stereocenters. The summed E-state index contributed by atoms with van der Waals surface area (Å²) in [6.45, 7) is 3.26. The van der Waals surface area contributed by atoms with Crippen molar-refractivity contribution in [1.29, 1.82) is 0 Å². The van der Waals surface area contributed by atoms with E-state index in [1.807, 2.05) is 0 Å². The van der Waals surface area contributed by atoms with E-state index in [1.54, 1.807) is 0 Å². The van der Waals surface area contributed by atoms with Crippen LogP contribution in [0.1, 0.15) is 61.0 Å². The predicted octanol–water partition coefficient (Wildman–Crippen LogP) is 2.78. The molecule has 0 aromatic carbocycles. The average Bonchev–Trinajstić information content (AvgIpc) is 3.32. The molecule has 2 aromatic rings. The number of halogens is 3. The van der Waals surface area contributed by atoms with E-state index in [4.69, 9.17) is 4.74 Å². The Balaban J connectivity index is 1.47. The molecule has 2 aliphatic heterocycles. The minimum Gasteiger partial charge on any atom is -0.380 e. The molecule has 34 heavy (non-hydrogen) atoms. The van der Waals surface area contributed by atoms with E-state index >= 15 is 0 Å². The molecule has 1 saturated carbocycles. The monoisotopic (exact) mass is 481 g/mol. The van der Waals surface area contributed by atoms with Gasteiger partial charge in [-0.15, -0.1) is 0 Å². The first-order chi connectivity index (χ1) is 16.1. The molecule has 8 nitrogen and oxygen atoms in total. The maximum atomic E-state index is 13.8. The van der Waals surface area contributed by atoms with Crippen LogP contribution in [0.5, 0.6) is 0 Å². The summed E-state index contributed by atoms with van der Waals surface area (Å²) in [7, 11) is 2.05. The van der Waals surface area contributed by atoms with Crippen molar-refractivity contribution in [1.82, 2.24) is 24.7 Å². The lowest BCUT2D eigenvalue weighted by Gasteiger charge is -2.51. The third kappa shape index (κ3) is 3.98. The lowest BCUT2D eigenvalue weighted by Crippen LogP contribution is -2.54. The van der Waals surface area contributed by atoms with Crippen LogP contribution in [0.4, 0.5) is 13.2 Å². The number of rotatable bonds is 5. The van der Waals surface area contributed by atoms with Crippen LogP contribution in [0.25, 0.3) is 5.52 Å². The van der Waals surface area contributed by atoms with Gasteiger partial charge in [-0.1, -0.05) is 6.42 Å². The zero-order chi connectivity index (χ0) is 24.3. The summed E-state index contributed by atoms with van der Waals surface area (Å²) < 4.78 is 49.4. The van der Waals surface area contributed by atoms with Crippen LogP contribution in [-0.4, -0.2) is 52.7 Å². The van der Waals surface area contributed by atoms with E-state index in [1.165, 1.54) is 23.9 Å². The van der Waals surface area contributed by atoms with Gasteiger partial charge in [0, 0.05) is 29.4 Å². The maximum absolute atomic E-state index is 13.8. The second kappa shape index (κ2) is 8.47. The van der Waals surface area contributed by atoms with Crippen LogP contribution in [0.2, 0.25) is 0 Å². The van der Waals surface area contributed by atoms with Gasteiger partial charge < -0.3 is 4.74 Å². The number of aromatic nitrogens is 2.